The Kier molecular flexibility index (Phi) is 12.8. The van der Waals surface area contributed by atoms with E-state index in [1.54, 1.807) is 13.8 Å². The first kappa shape index (κ1) is 41.7. The van der Waals surface area contributed by atoms with Crippen molar-refractivity contribution in [2.45, 2.75) is 94.4 Å². The summed E-state index contributed by atoms with van der Waals surface area (Å²) in [6.07, 6.45) is -13.5. The van der Waals surface area contributed by atoms with Crippen LogP contribution in [0.1, 0.15) is 63.3 Å². The number of aliphatic hydroxyl groups excluding tert-OH is 4. The fourth-order valence-corrected chi connectivity index (χ4v) is 5.93. The van der Waals surface area contributed by atoms with Crippen molar-refractivity contribution < 1.29 is 71.3 Å². The molecule has 6 atom stereocenters. The number of anilines is 1. The summed E-state index contributed by atoms with van der Waals surface area (Å²) < 4.78 is 81.6. The molecule has 1 aromatic carbocycles. The molecular formula is C32H38F5N7O10. The lowest BCUT2D eigenvalue weighted by molar-refractivity contribution is -0.284. The average molecular weight is 776 g/mol. The monoisotopic (exact) mass is 775 g/mol. The molecule has 4 rings (SSSR count). The predicted octanol–water partition coefficient (Wildman–Crippen LogP) is 1.98. The first-order chi connectivity index (χ1) is 25.3. The molecule has 1 aliphatic heterocycles. The van der Waals surface area contributed by atoms with Gasteiger partial charge in [-0.2, -0.15) is 13.2 Å². The van der Waals surface area contributed by atoms with Crippen LogP contribution in [0.4, 0.5) is 32.4 Å². The average Bonchev–Trinajstić information content (AvgIpc) is 3.61. The summed E-state index contributed by atoms with van der Waals surface area (Å²) in [4.78, 5) is 41.0. The number of ether oxygens (including phenoxy) is 2. The first-order valence-corrected chi connectivity index (χ1v) is 16.3. The van der Waals surface area contributed by atoms with Crippen molar-refractivity contribution in [2.75, 3.05) is 11.9 Å². The van der Waals surface area contributed by atoms with Gasteiger partial charge in [-0.05, 0) is 37.1 Å². The zero-order valence-electron chi connectivity index (χ0n) is 28.8. The number of hydrogen-bond donors (Lipinski definition) is 8. The summed E-state index contributed by atoms with van der Waals surface area (Å²) in [7, 11) is 0. The standard InChI is InChI=1S/C32H38F5N7O10/c1-4-30(5-2,41-29(52)40-19-12-38-9-8-18(19)32(35,36)37)23-13-44(43-42-23)16-6-7-22(17(10-16)27(33)34)53-31(28(50)51)11-20(47)24(39-15(3)46)26(54-31)25(49)21(48)14-45/h6-10,12-13,20-21,24-27,45,47-49H,4-5,11,14H2,1-3H3,(H,39,46)(H,50,51)(H2,40,41,52)/t20-,21+,24+,25+,26+,31+/m0/s1. The molecule has 1 fully saturated rings. The van der Waals surface area contributed by atoms with Gasteiger partial charge in [0, 0.05) is 13.1 Å². The van der Waals surface area contributed by atoms with Gasteiger partial charge in [0.1, 0.15) is 29.8 Å². The normalized spacial score (nSPS) is 21.6. The summed E-state index contributed by atoms with van der Waals surface area (Å²) in [6.45, 7) is 3.31. The van der Waals surface area contributed by atoms with Crippen molar-refractivity contribution >= 4 is 23.6 Å². The number of aliphatic carboxylic acids is 1. The fraction of sp³-hybridized carbons (Fsp3) is 0.500. The van der Waals surface area contributed by atoms with E-state index in [0.717, 1.165) is 36.1 Å². The third kappa shape index (κ3) is 8.84. The lowest BCUT2D eigenvalue weighted by Gasteiger charge is -2.46. The minimum absolute atomic E-state index is 0.0637. The van der Waals surface area contributed by atoms with E-state index in [0.29, 0.717) is 6.07 Å². The molecule has 3 heterocycles. The number of carbonyl (C=O) groups is 3. The largest absolute Gasteiger partial charge is 0.476 e. The zero-order chi connectivity index (χ0) is 40.2. The van der Waals surface area contributed by atoms with Gasteiger partial charge in [-0.15, -0.1) is 5.10 Å². The van der Waals surface area contributed by atoms with E-state index in [1.165, 1.54) is 12.3 Å². The highest BCUT2D eigenvalue weighted by atomic mass is 19.4. The van der Waals surface area contributed by atoms with Gasteiger partial charge in [0.2, 0.25) is 5.91 Å². The number of nitrogens with zero attached hydrogens (tertiary/aromatic N) is 4. The van der Waals surface area contributed by atoms with Crippen LogP contribution in [0.25, 0.3) is 5.69 Å². The first-order valence-electron chi connectivity index (χ1n) is 16.3. The fourth-order valence-electron chi connectivity index (χ4n) is 5.93. The van der Waals surface area contributed by atoms with Gasteiger partial charge in [0.25, 0.3) is 6.43 Å². The lowest BCUT2D eigenvalue weighted by atomic mass is 9.88. The summed E-state index contributed by atoms with van der Waals surface area (Å²) >= 11 is 0. The summed E-state index contributed by atoms with van der Waals surface area (Å²) in [5.41, 5.74) is -3.91. The minimum Gasteiger partial charge on any atom is -0.476 e. The van der Waals surface area contributed by atoms with Crippen LogP contribution in [0.3, 0.4) is 0 Å². The molecule has 0 unspecified atom stereocenters. The number of halogens is 5. The Bertz CT molecular complexity index is 1810. The highest BCUT2D eigenvalue weighted by Gasteiger charge is 2.57. The van der Waals surface area contributed by atoms with Crippen molar-refractivity contribution in [1.82, 2.24) is 30.6 Å². The van der Waals surface area contributed by atoms with Crippen molar-refractivity contribution in [2.24, 2.45) is 0 Å². The van der Waals surface area contributed by atoms with Gasteiger partial charge in [0.05, 0.1) is 65.6 Å². The van der Waals surface area contributed by atoms with Crippen LogP contribution in [0.2, 0.25) is 0 Å². The number of rotatable bonds is 14. The van der Waals surface area contributed by atoms with Crippen LogP contribution in [0.15, 0.2) is 42.9 Å². The molecule has 1 saturated heterocycles. The second-order valence-electron chi connectivity index (χ2n) is 12.3. The second-order valence-corrected chi connectivity index (χ2v) is 12.3. The number of urea groups is 1. The van der Waals surface area contributed by atoms with Crippen molar-refractivity contribution in [1.29, 1.82) is 0 Å². The topological polar surface area (TPSA) is 251 Å². The molecule has 54 heavy (non-hydrogen) atoms. The lowest BCUT2D eigenvalue weighted by Crippen LogP contribution is -2.68. The summed E-state index contributed by atoms with van der Waals surface area (Å²) in [6, 6.07) is 1.13. The van der Waals surface area contributed by atoms with Crippen LogP contribution in [0, 0.1) is 0 Å². The van der Waals surface area contributed by atoms with E-state index in [2.05, 4.69) is 31.2 Å². The number of carbonyl (C=O) groups excluding carboxylic acids is 2. The minimum atomic E-state index is -4.79. The Labute approximate surface area is 303 Å². The third-order valence-corrected chi connectivity index (χ3v) is 8.87. The molecule has 8 N–H and O–H groups in total. The Morgan fingerprint density at radius 1 is 1.15 bits per heavy atom. The van der Waals surface area contributed by atoms with Gasteiger partial charge < -0.3 is 51.0 Å². The van der Waals surface area contributed by atoms with Gasteiger partial charge in [0.15, 0.2) is 0 Å². The molecule has 0 aliphatic carbocycles. The molecule has 0 radical (unpaired) electrons. The molecule has 17 nitrogen and oxygen atoms in total. The van der Waals surface area contributed by atoms with E-state index in [-0.39, 0.29) is 24.2 Å². The van der Waals surface area contributed by atoms with E-state index in [1.807, 2.05) is 0 Å². The third-order valence-electron chi connectivity index (χ3n) is 8.87. The predicted molar refractivity (Wildman–Crippen MR) is 173 cm³/mol. The summed E-state index contributed by atoms with van der Waals surface area (Å²) in [5.74, 6) is -6.40. The van der Waals surface area contributed by atoms with Gasteiger partial charge in [-0.25, -0.2) is 23.1 Å². The molecule has 1 aliphatic rings. The number of hydrogen-bond acceptors (Lipinski definition) is 12. The highest BCUT2D eigenvalue weighted by Crippen LogP contribution is 2.39. The number of aliphatic hydroxyl groups is 4. The smallest absolute Gasteiger partial charge is 0.418 e. The molecule has 0 bridgehead atoms. The molecule has 0 saturated carbocycles. The zero-order valence-corrected chi connectivity index (χ0v) is 28.8. The summed E-state index contributed by atoms with van der Waals surface area (Å²) in [5, 5.41) is 66.1. The number of amides is 3. The van der Waals surface area contributed by atoms with E-state index >= 15 is 0 Å². The van der Waals surface area contributed by atoms with Gasteiger partial charge in [-0.3, -0.25) is 9.78 Å². The van der Waals surface area contributed by atoms with Crippen molar-refractivity contribution in [3.63, 3.8) is 0 Å². The number of alkyl halides is 5. The highest BCUT2D eigenvalue weighted by molar-refractivity contribution is 5.90. The van der Waals surface area contributed by atoms with Crippen LogP contribution in [-0.2, 0) is 26.0 Å². The maximum absolute atomic E-state index is 14.5. The number of aromatic nitrogens is 4. The SMILES string of the molecule is CCC(CC)(NC(=O)Nc1cnccc1C(F)(F)F)c1cn(-c2ccc(O[C@]3(C(=O)O)C[C@H](O)[C@@H](NC(C)=O)[C@H]([C@H](O)[C@H](O)CO)O3)c(C(F)F)c2)nn1. The van der Waals surface area contributed by atoms with Crippen molar-refractivity contribution in [3.05, 3.63) is 59.7 Å². The molecule has 0 spiro atoms. The van der Waals surface area contributed by atoms with Crippen LogP contribution >= 0.6 is 0 Å². The van der Waals surface area contributed by atoms with Crippen LogP contribution in [-0.4, -0.2) is 106 Å². The van der Waals surface area contributed by atoms with E-state index in [9.17, 15) is 61.9 Å². The molecule has 22 heteroatoms. The van der Waals surface area contributed by atoms with E-state index in [4.69, 9.17) is 9.47 Å². The quantitative estimate of drug-likeness (QED) is 0.109. The Hall–Kier alpha value is -5.03. The molecule has 296 valence electrons. The number of carboxylic acids is 1. The maximum atomic E-state index is 14.5. The molecule has 3 aromatic rings. The number of carboxylic acid groups (broad SMARTS) is 1. The van der Waals surface area contributed by atoms with Crippen LogP contribution < -0.4 is 20.7 Å². The van der Waals surface area contributed by atoms with Gasteiger partial charge in [-0.1, -0.05) is 19.1 Å². The van der Waals surface area contributed by atoms with E-state index < -0.39 is 108 Å². The Balaban J connectivity index is 1.65. The van der Waals surface area contributed by atoms with Crippen molar-refractivity contribution in [3.8, 4) is 11.4 Å². The maximum Gasteiger partial charge on any atom is 0.418 e. The number of pyridine rings is 1. The second kappa shape index (κ2) is 16.5. The Morgan fingerprint density at radius 2 is 1.83 bits per heavy atom. The molecular weight excluding hydrogens is 737 g/mol. The molecule has 3 amide bonds. The number of benzene rings is 1. The van der Waals surface area contributed by atoms with Gasteiger partial charge >= 0.3 is 24.0 Å². The number of nitrogens with one attached hydrogen (secondary N) is 3. The molecule has 2 aromatic heterocycles. The van der Waals surface area contributed by atoms with Crippen LogP contribution in [0.5, 0.6) is 5.75 Å². The Morgan fingerprint density at radius 3 is 2.41 bits per heavy atom.